The van der Waals surface area contributed by atoms with Crippen LogP contribution in [0.25, 0.3) is 0 Å². The lowest BCUT2D eigenvalue weighted by molar-refractivity contribution is -0.384. The molecule has 152 valence electrons. The van der Waals surface area contributed by atoms with Crippen molar-refractivity contribution in [1.82, 2.24) is 5.43 Å². The summed E-state index contributed by atoms with van der Waals surface area (Å²) in [6.45, 7) is 1.89. The van der Waals surface area contributed by atoms with Gasteiger partial charge in [0.15, 0.2) is 0 Å². The van der Waals surface area contributed by atoms with Crippen molar-refractivity contribution >= 4 is 51.8 Å². The Hall–Kier alpha value is -2.69. The first-order valence-electron chi connectivity index (χ1n) is 9.38. The molecule has 1 heterocycles. The molecule has 3 rings (SSSR count). The summed E-state index contributed by atoms with van der Waals surface area (Å²) in [7, 11) is 0. The van der Waals surface area contributed by atoms with Gasteiger partial charge in [-0.25, -0.2) is 5.43 Å². The van der Waals surface area contributed by atoms with Gasteiger partial charge in [-0.3, -0.25) is 14.9 Å². The number of hydrogen-bond acceptors (Lipinski definition) is 6. The average Bonchev–Trinajstić information content (AvgIpc) is 2.73. The van der Waals surface area contributed by atoms with Gasteiger partial charge in [0.2, 0.25) is 0 Å². The van der Waals surface area contributed by atoms with Gasteiger partial charge < -0.3 is 10.2 Å². The highest BCUT2D eigenvalue weighted by atomic mass is 127. The van der Waals surface area contributed by atoms with Crippen molar-refractivity contribution < 1.29 is 9.72 Å². The van der Waals surface area contributed by atoms with Crippen molar-refractivity contribution in [1.29, 1.82) is 0 Å². The summed E-state index contributed by atoms with van der Waals surface area (Å²) in [6.07, 6.45) is 4.85. The van der Waals surface area contributed by atoms with Crippen molar-refractivity contribution in [3.8, 4) is 0 Å². The summed E-state index contributed by atoms with van der Waals surface area (Å²) < 4.78 is 1.02. The predicted molar refractivity (Wildman–Crippen MR) is 123 cm³/mol. The number of amides is 1. The van der Waals surface area contributed by atoms with Crippen LogP contribution < -0.4 is 15.6 Å². The molecule has 0 bridgehead atoms. The van der Waals surface area contributed by atoms with E-state index >= 15 is 0 Å². The SMILES string of the molecule is O=C(CNc1ccccc1I)NN=Cc1cc([N+](=O)[O-])ccc1N1CCCCC1. The zero-order valence-electron chi connectivity index (χ0n) is 15.8. The number of hydrogen-bond donors (Lipinski definition) is 2. The molecule has 1 aliphatic heterocycles. The van der Waals surface area contributed by atoms with Crippen LogP contribution in [0.5, 0.6) is 0 Å². The van der Waals surface area contributed by atoms with Gasteiger partial charge in [0.05, 0.1) is 17.7 Å². The van der Waals surface area contributed by atoms with E-state index < -0.39 is 4.92 Å². The Labute approximate surface area is 182 Å². The first kappa shape index (κ1) is 21.0. The summed E-state index contributed by atoms with van der Waals surface area (Å²) in [4.78, 5) is 25.0. The van der Waals surface area contributed by atoms with Crippen LogP contribution in [-0.4, -0.2) is 36.7 Å². The molecule has 1 amide bonds. The van der Waals surface area contributed by atoms with Crippen molar-refractivity contribution in [3.63, 3.8) is 0 Å². The van der Waals surface area contributed by atoms with Gasteiger partial charge in [-0.05, 0) is 60.1 Å². The molecule has 1 fully saturated rings. The van der Waals surface area contributed by atoms with Crippen molar-refractivity contribution in [3.05, 3.63) is 61.7 Å². The second kappa shape index (κ2) is 10.2. The maximum Gasteiger partial charge on any atom is 0.270 e. The highest BCUT2D eigenvalue weighted by Crippen LogP contribution is 2.27. The van der Waals surface area contributed by atoms with E-state index in [1.165, 1.54) is 24.8 Å². The fraction of sp³-hybridized carbons (Fsp3) is 0.300. The van der Waals surface area contributed by atoms with Gasteiger partial charge in [-0.1, -0.05) is 12.1 Å². The van der Waals surface area contributed by atoms with E-state index in [1.807, 2.05) is 24.3 Å². The number of hydrazone groups is 1. The number of nitro benzene ring substituents is 1. The molecule has 0 saturated carbocycles. The third-order valence-corrected chi connectivity index (χ3v) is 5.57. The molecule has 29 heavy (non-hydrogen) atoms. The van der Waals surface area contributed by atoms with Crippen molar-refractivity contribution in [2.75, 3.05) is 29.9 Å². The summed E-state index contributed by atoms with van der Waals surface area (Å²) in [5, 5.41) is 18.2. The fourth-order valence-electron chi connectivity index (χ4n) is 3.18. The predicted octanol–water partition coefficient (Wildman–Crippen LogP) is 3.75. The zero-order valence-corrected chi connectivity index (χ0v) is 18.0. The number of piperidine rings is 1. The van der Waals surface area contributed by atoms with Crippen LogP contribution in [0, 0.1) is 13.7 Å². The van der Waals surface area contributed by atoms with Crippen molar-refractivity contribution in [2.45, 2.75) is 19.3 Å². The molecule has 2 N–H and O–H groups in total. The third kappa shape index (κ3) is 5.89. The second-order valence-corrected chi connectivity index (χ2v) is 7.84. The van der Waals surface area contributed by atoms with Crippen LogP contribution >= 0.6 is 22.6 Å². The van der Waals surface area contributed by atoms with Gasteiger partial charge in [-0.15, -0.1) is 0 Å². The van der Waals surface area contributed by atoms with Crippen LogP contribution in [0.1, 0.15) is 24.8 Å². The number of non-ortho nitro benzene ring substituents is 1. The van der Waals surface area contributed by atoms with Crippen LogP contribution in [0.15, 0.2) is 47.6 Å². The molecule has 1 aliphatic rings. The lowest BCUT2D eigenvalue weighted by Gasteiger charge is -2.29. The highest BCUT2D eigenvalue weighted by Gasteiger charge is 2.17. The highest BCUT2D eigenvalue weighted by molar-refractivity contribution is 14.1. The first-order valence-corrected chi connectivity index (χ1v) is 10.5. The number of halogens is 1. The Morgan fingerprint density at radius 2 is 1.97 bits per heavy atom. The van der Waals surface area contributed by atoms with Crippen LogP contribution in [0.4, 0.5) is 17.1 Å². The number of nitrogens with zero attached hydrogens (tertiary/aromatic N) is 3. The van der Waals surface area contributed by atoms with Crippen LogP contribution in [-0.2, 0) is 4.79 Å². The number of carbonyl (C=O) groups is 1. The Bertz CT molecular complexity index is 913. The van der Waals surface area contributed by atoms with Crippen LogP contribution in [0.3, 0.4) is 0 Å². The lowest BCUT2D eigenvalue weighted by atomic mass is 10.1. The number of nitro groups is 1. The number of benzene rings is 2. The van der Waals surface area contributed by atoms with E-state index in [0.717, 1.165) is 40.9 Å². The minimum absolute atomic E-state index is 0.00106. The molecule has 8 nitrogen and oxygen atoms in total. The quantitative estimate of drug-likeness (QED) is 0.258. The van der Waals surface area contributed by atoms with E-state index in [9.17, 15) is 14.9 Å². The molecule has 1 saturated heterocycles. The van der Waals surface area contributed by atoms with E-state index in [2.05, 4.69) is 43.3 Å². The van der Waals surface area contributed by atoms with Gasteiger partial charge in [-0.2, -0.15) is 5.10 Å². The first-order chi connectivity index (χ1) is 14.0. The molecule has 0 atom stereocenters. The maximum atomic E-state index is 12.1. The lowest BCUT2D eigenvalue weighted by Crippen LogP contribution is -2.30. The second-order valence-electron chi connectivity index (χ2n) is 6.67. The number of para-hydroxylation sites is 1. The normalized spacial score (nSPS) is 14.0. The minimum Gasteiger partial charge on any atom is -0.375 e. The van der Waals surface area contributed by atoms with Gasteiger partial charge in [0, 0.05) is 45.7 Å². The zero-order chi connectivity index (χ0) is 20.6. The molecular formula is C20H22IN5O3. The largest absolute Gasteiger partial charge is 0.375 e. The summed E-state index contributed by atoms with van der Waals surface area (Å²) in [5.41, 5.74) is 4.86. The van der Waals surface area contributed by atoms with Crippen LogP contribution in [0.2, 0.25) is 0 Å². The molecule has 0 aromatic heterocycles. The molecule has 0 spiro atoms. The van der Waals surface area contributed by atoms with E-state index in [1.54, 1.807) is 6.07 Å². The molecular weight excluding hydrogens is 485 g/mol. The number of carbonyl (C=O) groups excluding carboxylic acids is 1. The molecule has 9 heteroatoms. The number of nitrogens with one attached hydrogen (secondary N) is 2. The van der Waals surface area contributed by atoms with E-state index in [4.69, 9.17) is 0 Å². The molecule has 2 aromatic carbocycles. The Morgan fingerprint density at radius 1 is 1.21 bits per heavy atom. The van der Waals surface area contributed by atoms with Crippen molar-refractivity contribution in [2.24, 2.45) is 5.10 Å². The van der Waals surface area contributed by atoms with Gasteiger partial charge in [0.25, 0.3) is 11.6 Å². The molecule has 2 aromatic rings. The average molecular weight is 507 g/mol. The summed E-state index contributed by atoms with van der Waals surface area (Å²) >= 11 is 2.19. The van der Waals surface area contributed by atoms with Gasteiger partial charge in [0.1, 0.15) is 0 Å². The third-order valence-electron chi connectivity index (χ3n) is 4.62. The fourth-order valence-corrected chi connectivity index (χ4v) is 3.75. The van der Waals surface area contributed by atoms with E-state index in [-0.39, 0.29) is 18.1 Å². The smallest absolute Gasteiger partial charge is 0.270 e. The number of rotatable bonds is 7. The monoisotopic (exact) mass is 507 g/mol. The van der Waals surface area contributed by atoms with E-state index in [0.29, 0.717) is 5.56 Å². The summed E-state index contributed by atoms with van der Waals surface area (Å²) in [6, 6.07) is 12.4. The topological polar surface area (TPSA) is 99.9 Å². The maximum absolute atomic E-state index is 12.1. The Morgan fingerprint density at radius 3 is 2.69 bits per heavy atom. The number of anilines is 2. The Balaban J connectivity index is 1.66. The minimum atomic E-state index is -0.429. The molecule has 0 aliphatic carbocycles. The molecule has 0 unspecified atom stereocenters. The molecule has 0 radical (unpaired) electrons. The van der Waals surface area contributed by atoms with Gasteiger partial charge >= 0.3 is 0 Å². The Kier molecular flexibility index (Phi) is 7.39. The standard InChI is InChI=1S/C20H22IN5O3/c21-17-6-2-3-7-18(17)22-14-20(27)24-23-13-15-12-16(26(28)29)8-9-19(15)25-10-4-1-5-11-25/h2-3,6-9,12-13,22H,1,4-5,10-11,14H2,(H,24,27). The summed E-state index contributed by atoms with van der Waals surface area (Å²) in [5.74, 6) is -0.300.